The Morgan fingerprint density at radius 2 is 2.00 bits per heavy atom. The molecular formula is C13H19FN2O2. The molecule has 1 aromatic carbocycles. The smallest absolute Gasteiger partial charge is 0.340 e. The lowest BCUT2D eigenvalue weighted by Crippen LogP contribution is -2.32. The number of nitrogens with zero attached hydrogens (tertiary/aromatic N) is 1. The van der Waals surface area contributed by atoms with Crippen molar-refractivity contribution in [3.8, 4) is 0 Å². The second kappa shape index (κ2) is 5.71. The second-order valence-corrected chi connectivity index (χ2v) is 4.24. The Kier molecular flexibility index (Phi) is 4.53. The Morgan fingerprint density at radius 1 is 1.44 bits per heavy atom. The van der Waals surface area contributed by atoms with Crippen molar-refractivity contribution < 1.29 is 14.3 Å². The van der Waals surface area contributed by atoms with Gasteiger partial charge in [0.05, 0.1) is 11.4 Å². The van der Waals surface area contributed by atoms with Crippen molar-refractivity contribution >= 4 is 17.3 Å². The summed E-state index contributed by atoms with van der Waals surface area (Å²) in [5, 5.41) is 9.17. The number of halogens is 1. The average Bonchev–Trinajstić information content (AvgIpc) is 2.33. The third-order valence-electron chi connectivity index (χ3n) is 3.25. The Bertz CT molecular complexity index is 445. The van der Waals surface area contributed by atoms with Crippen LogP contribution in [0.25, 0.3) is 0 Å². The first-order chi connectivity index (χ1) is 8.43. The maximum absolute atomic E-state index is 13.3. The molecule has 0 spiro atoms. The molecule has 0 aliphatic carbocycles. The number of hydrogen-bond donors (Lipinski definition) is 2. The fraction of sp³-hybridized carbons (Fsp3) is 0.462. The van der Waals surface area contributed by atoms with Gasteiger partial charge in [0.15, 0.2) is 0 Å². The molecule has 0 saturated carbocycles. The van der Waals surface area contributed by atoms with Gasteiger partial charge in [-0.2, -0.15) is 0 Å². The molecule has 0 saturated heterocycles. The summed E-state index contributed by atoms with van der Waals surface area (Å²) in [6.45, 7) is 4.05. The molecule has 0 aliphatic heterocycles. The highest BCUT2D eigenvalue weighted by molar-refractivity contribution is 6.00. The topological polar surface area (TPSA) is 66.6 Å². The van der Waals surface area contributed by atoms with E-state index in [2.05, 4.69) is 0 Å². The van der Waals surface area contributed by atoms with Gasteiger partial charge in [0.2, 0.25) is 0 Å². The summed E-state index contributed by atoms with van der Waals surface area (Å²) in [5.41, 5.74) is 5.51. The van der Waals surface area contributed by atoms with E-state index in [9.17, 15) is 14.3 Å². The quantitative estimate of drug-likeness (QED) is 0.793. The van der Waals surface area contributed by atoms with Crippen molar-refractivity contribution in [2.45, 2.75) is 32.7 Å². The molecule has 4 nitrogen and oxygen atoms in total. The van der Waals surface area contributed by atoms with E-state index in [0.29, 0.717) is 5.69 Å². The summed E-state index contributed by atoms with van der Waals surface area (Å²) in [6, 6.07) is 2.87. The van der Waals surface area contributed by atoms with Gasteiger partial charge < -0.3 is 15.7 Å². The molecule has 0 amide bonds. The average molecular weight is 254 g/mol. The molecule has 0 fully saturated rings. The zero-order valence-electron chi connectivity index (χ0n) is 10.9. The van der Waals surface area contributed by atoms with Crippen LogP contribution in [0, 0.1) is 5.82 Å². The van der Waals surface area contributed by atoms with Crippen molar-refractivity contribution in [1.82, 2.24) is 0 Å². The highest BCUT2D eigenvalue weighted by Crippen LogP contribution is 2.29. The molecule has 0 unspecified atom stereocenters. The first-order valence-electron chi connectivity index (χ1n) is 5.98. The molecule has 0 bridgehead atoms. The number of benzene rings is 1. The van der Waals surface area contributed by atoms with Crippen LogP contribution < -0.4 is 10.6 Å². The maximum atomic E-state index is 13.3. The molecule has 3 N–H and O–H groups in total. The van der Waals surface area contributed by atoms with E-state index in [4.69, 9.17) is 5.73 Å². The molecular weight excluding hydrogens is 235 g/mol. The number of hydrogen-bond acceptors (Lipinski definition) is 3. The lowest BCUT2D eigenvalue weighted by Gasteiger charge is -2.30. The number of carbonyl (C=O) groups is 1. The van der Waals surface area contributed by atoms with E-state index < -0.39 is 11.8 Å². The predicted octanol–water partition coefficient (Wildman–Crippen LogP) is 2.73. The highest BCUT2D eigenvalue weighted by atomic mass is 19.1. The van der Waals surface area contributed by atoms with Crippen LogP contribution in [-0.2, 0) is 0 Å². The van der Waals surface area contributed by atoms with Gasteiger partial charge in [-0.1, -0.05) is 13.8 Å². The van der Waals surface area contributed by atoms with Gasteiger partial charge in [-0.05, 0) is 25.0 Å². The van der Waals surface area contributed by atoms with Gasteiger partial charge in [0.1, 0.15) is 11.4 Å². The summed E-state index contributed by atoms with van der Waals surface area (Å²) in [7, 11) is 1.80. The minimum atomic E-state index is -1.21. The van der Waals surface area contributed by atoms with Crippen molar-refractivity contribution in [2.24, 2.45) is 0 Å². The summed E-state index contributed by atoms with van der Waals surface area (Å²) in [6.07, 6.45) is 1.76. The summed E-state index contributed by atoms with van der Waals surface area (Å²) in [4.78, 5) is 13.1. The van der Waals surface area contributed by atoms with Gasteiger partial charge >= 0.3 is 5.97 Å². The predicted molar refractivity (Wildman–Crippen MR) is 70.5 cm³/mol. The van der Waals surface area contributed by atoms with Crippen LogP contribution in [0.1, 0.15) is 37.0 Å². The zero-order valence-corrected chi connectivity index (χ0v) is 10.9. The molecule has 1 aromatic rings. The summed E-state index contributed by atoms with van der Waals surface area (Å²) < 4.78 is 13.3. The van der Waals surface area contributed by atoms with Crippen molar-refractivity contribution in [1.29, 1.82) is 0 Å². The van der Waals surface area contributed by atoms with E-state index >= 15 is 0 Å². The third-order valence-corrected chi connectivity index (χ3v) is 3.25. The lowest BCUT2D eigenvalue weighted by atomic mass is 10.1. The maximum Gasteiger partial charge on any atom is 0.340 e. The van der Waals surface area contributed by atoms with Crippen LogP contribution in [0.4, 0.5) is 15.8 Å². The molecule has 0 aromatic heterocycles. The van der Waals surface area contributed by atoms with Crippen LogP contribution in [0.2, 0.25) is 0 Å². The Hall–Kier alpha value is -1.78. The van der Waals surface area contributed by atoms with Crippen molar-refractivity contribution in [3.05, 3.63) is 23.5 Å². The first-order valence-corrected chi connectivity index (χ1v) is 5.98. The molecule has 0 aliphatic rings. The Morgan fingerprint density at radius 3 is 2.44 bits per heavy atom. The van der Waals surface area contributed by atoms with Gasteiger partial charge in [0.25, 0.3) is 0 Å². The van der Waals surface area contributed by atoms with Crippen molar-refractivity contribution in [2.75, 3.05) is 17.7 Å². The highest BCUT2D eigenvalue weighted by Gasteiger charge is 2.22. The number of aromatic carboxylic acids is 1. The molecule has 18 heavy (non-hydrogen) atoms. The SMILES string of the molecule is CCC(CC)N(C)c1ccc(F)c(N)c1C(=O)O. The van der Waals surface area contributed by atoms with Crippen LogP contribution in [0.15, 0.2) is 12.1 Å². The monoisotopic (exact) mass is 254 g/mol. The number of rotatable bonds is 5. The fourth-order valence-corrected chi connectivity index (χ4v) is 2.13. The zero-order chi connectivity index (χ0) is 13.9. The molecule has 100 valence electrons. The van der Waals surface area contributed by atoms with Gasteiger partial charge in [0, 0.05) is 13.1 Å². The van der Waals surface area contributed by atoms with Gasteiger partial charge in [-0.15, -0.1) is 0 Å². The van der Waals surface area contributed by atoms with Gasteiger partial charge in [-0.3, -0.25) is 0 Å². The third kappa shape index (κ3) is 2.55. The van der Waals surface area contributed by atoms with Crippen LogP contribution in [-0.4, -0.2) is 24.2 Å². The van der Waals surface area contributed by atoms with Crippen LogP contribution in [0.5, 0.6) is 0 Å². The number of anilines is 2. The number of nitrogens with two attached hydrogens (primary N) is 1. The summed E-state index contributed by atoms with van der Waals surface area (Å²) >= 11 is 0. The van der Waals surface area contributed by atoms with Crippen LogP contribution in [0.3, 0.4) is 0 Å². The molecule has 0 heterocycles. The number of carboxylic acid groups (broad SMARTS) is 1. The Labute approximate surface area is 106 Å². The fourth-order valence-electron chi connectivity index (χ4n) is 2.13. The molecule has 0 radical (unpaired) electrons. The second-order valence-electron chi connectivity index (χ2n) is 4.24. The van der Waals surface area contributed by atoms with E-state index in [0.717, 1.165) is 12.8 Å². The minimum absolute atomic E-state index is 0.163. The Balaban J connectivity index is 3.32. The lowest BCUT2D eigenvalue weighted by molar-refractivity contribution is 0.0698. The molecule has 5 heteroatoms. The van der Waals surface area contributed by atoms with Crippen LogP contribution >= 0.6 is 0 Å². The molecule has 0 atom stereocenters. The van der Waals surface area contributed by atoms with E-state index in [1.807, 2.05) is 18.7 Å². The molecule has 1 rings (SSSR count). The number of nitrogen functional groups attached to an aromatic ring is 1. The first kappa shape index (κ1) is 14.3. The van der Waals surface area contributed by atoms with Crippen molar-refractivity contribution in [3.63, 3.8) is 0 Å². The standard InChI is InChI=1S/C13H19FN2O2/c1-4-8(5-2)16(3)10-7-6-9(14)12(15)11(10)13(17)18/h6-8H,4-5,15H2,1-3H3,(H,17,18). The van der Waals surface area contributed by atoms with E-state index in [1.165, 1.54) is 12.1 Å². The van der Waals surface area contributed by atoms with E-state index in [-0.39, 0.29) is 17.3 Å². The van der Waals surface area contributed by atoms with Gasteiger partial charge in [-0.25, -0.2) is 9.18 Å². The normalized spacial score (nSPS) is 10.7. The summed E-state index contributed by atoms with van der Waals surface area (Å²) in [5.74, 6) is -1.91. The minimum Gasteiger partial charge on any atom is -0.478 e. The van der Waals surface area contributed by atoms with E-state index in [1.54, 1.807) is 7.05 Å². The largest absolute Gasteiger partial charge is 0.478 e. The number of carboxylic acids is 1.